The summed E-state index contributed by atoms with van der Waals surface area (Å²) in [6.45, 7) is 2.26. The average Bonchev–Trinajstić information content (AvgIpc) is 2.97. The number of rotatable bonds is 24. The van der Waals surface area contributed by atoms with Crippen molar-refractivity contribution in [1.82, 2.24) is 0 Å². The van der Waals surface area contributed by atoms with E-state index in [1.165, 1.54) is 70.6 Å². The van der Waals surface area contributed by atoms with Gasteiger partial charge in [-0.3, -0.25) is 4.79 Å². The zero-order valence-electron chi connectivity index (χ0n) is 25.6. The highest BCUT2D eigenvalue weighted by Gasteiger charge is 2.29. The second-order valence-electron chi connectivity index (χ2n) is 11.4. The number of carboxylic acids is 1. The van der Waals surface area contributed by atoms with Gasteiger partial charge < -0.3 is 20.1 Å². The number of aliphatic hydroxyl groups excluding tert-OH is 1. The molecule has 0 saturated heterocycles. The molecule has 0 heterocycles. The van der Waals surface area contributed by atoms with Gasteiger partial charge in [0.2, 0.25) is 0 Å². The Morgan fingerprint density at radius 3 is 1.93 bits per heavy atom. The molecule has 42 heavy (non-hydrogen) atoms. The molecular weight excluding hydrogens is 548 g/mol. The molecule has 5 nitrogen and oxygen atoms in total. The van der Waals surface area contributed by atoms with Gasteiger partial charge in [0, 0.05) is 22.6 Å². The summed E-state index contributed by atoms with van der Waals surface area (Å²) in [7, 11) is 0. The predicted molar refractivity (Wildman–Crippen MR) is 173 cm³/mol. The molecule has 3 atom stereocenters. The van der Waals surface area contributed by atoms with Crippen LogP contribution in [0.4, 0.5) is 0 Å². The van der Waals surface area contributed by atoms with Gasteiger partial charge in [-0.25, -0.2) is 0 Å². The number of aliphatic hydroxyl groups is 1. The topological polar surface area (TPSA) is 87.0 Å². The zero-order chi connectivity index (χ0) is 30.4. The first-order valence-electron chi connectivity index (χ1n) is 16.2. The third kappa shape index (κ3) is 14.7. The number of carboxylic acid groups (broad SMARTS) is 1. The summed E-state index contributed by atoms with van der Waals surface area (Å²) < 4.78 is 6.29. The number of hydrogen-bond donors (Lipinski definition) is 3. The number of phenolic OH excluding ortho intramolecular Hbond substituents is 1. The Morgan fingerprint density at radius 2 is 1.36 bits per heavy atom. The predicted octanol–water partition coefficient (Wildman–Crippen LogP) is 10.7. The molecule has 0 fully saturated rings. The van der Waals surface area contributed by atoms with Crippen LogP contribution in [-0.4, -0.2) is 21.3 Å². The number of carbonyl (C=O) groups is 1. The van der Waals surface area contributed by atoms with E-state index in [-0.39, 0.29) is 18.1 Å². The normalized spacial score (nSPS) is 13.8. The van der Waals surface area contributed by atoms with Gasteiger partial charge >= 0.3 is 5.97 Å². The Kier molecular flexibility index (Phi) is 19.0. The number of hydrogen-bond acceptors (Lipinski definition) is 4. The zero-order valence-corrected chi connectivity index (χ0v) is 26.3. The summed E-state index contributed by atoms with van der Waals surface area (Å²) in [5.41, 5.74) is 1.11. The van der Waals surface area contributed by atoms with E-state index in [0.717, 1.165) is 19.3 Å². The summed E-state index contributed by atoms with van der Waals surface area (Å²) in [6, 6.07) is 14.2. The molecule has 3 N–H and O–H groups in total. The fourth-order valence-electron chi connectivity index (χ4n) is 5.47. The van der Waals surface area contributed by atoms with Crippen LogP contribution in [0.25, 0.3) is 0 Å². The van der Waals surface area contributed by atoms with Crippen LogP contribution in [0.15, 0.2) is 60.7 Å². The lowest BCUT2D eigenvalue weighted by molar-refractivity contribution is -0.159. The molecule has 0 aliphatic heterocycles. The van der Waals surface area contributed by atoms with E-state index in [2.05, 4.69) is 6.92 Å². The maximum absolute atomic E-state index is 11.1. The third-order valence-electron chi connectivity index (χ3n) is 7.93. The van der Waals surface area contributed by atoms with E-state index >= 15 is 0 Å². The lowest BCUT2D eigenvalue weighted by atomic mass is 9.87. The SMILES string of the molecule is CCCCCCCCCCCCCCC[C@H](C/C=C\CCC(=O)O)[C@H](O[C@H](O)c1ccccc1Cl)c1ccccc1O. The number of unbranched alkanes of at least 4 members (excludes halogenated alkanes) is 12. The fraction of sp³-hybridized carbons (Fsp3) is 0.583. The maximum atomic E-state index is 11.1. The van der Waals surface area contributed by atoms with Crippen LogP contribution in [0.1, 0.15) is 140 Å². The summed E-state index contributed by atoms with van der Waals surface area (Å²) in [5.74, 6) is -0.718. The number of para-hydroxylation sites is 1. The Balaban J connectivity index is 1.98. The highest BCUT2D eigenvalue weighted by atomic mass is 35.5. The van der Waals surface area contributed by atoms with Crippen molar-refractivity contribution < 1.29 is 24.9 Å². The van der Waals surface area contributed by atoms with Crippen molar-refractivity contribution in [2.24, 2.45) is 5.92 Å². The van der Waals surface area contributed by atoms with E-state index in [1.54, 1.807) is 36.4 Å². The summed E-state index contributed by atoms with van der Waals surface area (Å²) in [6.07, 6.45) is 20.8. The van der Waals surface area contributed by atoms with E-state index < -0.39 is 18.4 Å². The summed E-state index contributed by atoms with van der Waals surface area (Å²) in [5, 5.41) is 31.2. The smallest absolute Gasteiger partial charge is 0.303 e. The molecule has 2 aromatic rings. The van der Waals surface area contributed by atoms with Gasteiger partial charge in [-0.1, -0.05) is 151 Å². The third-order valence-corrected chi connectivity index (χ3v) is 8.27. The second-order valence-corrected chi connectivity index (χ2v) is 11.8. The standard InChI is InChI=1S/C36H53ClO5/c1-2-3-4-5-6-7-8-9-10-11-12-13-15-22-29(23-16-14-17-28-34(39)40)35(31-25-19-21-27-33(31)38)42-36(41)30-24-18-20-26-32(30)37/h14,16,18-21,24-27,29,35-36,38,41H,2-13,15,17,22-23,28H2,1H3,(H,39,40)/b16-14-/t29-,35+,36+/m1/s1. The molecule has 234 valence electrons. The van der Waals surface area contributed by atoms with Gasteiger partial charge in [0.25, 0.3) is 0 Å². The van der Waals surface area contributed by atoms with Gasteiger partial charge in [0.15, 0.2) is 6.29 Å². The molecule has 0 unspecified atom stereocenters. The first kappa shape index (κ1) is 35.9. The van der Waals surface area contributed by atoms with Crippen molar-refractivity contribution >= 4 is 17.6 Å². The van der Waals surface area contributed by atoms with Crippen molar-refractivity contribution in [3.63, 3.8) is 0 Å². The molecule has 0 bridgehead atoms. The van der Waals surface area contributed by atoms with Crippen molar-refractivity contribution in [2.45, 2.75) is 128 Å². The highest BCUT2D eigenvalue weighted by molar-refractivity contribution is 6.31. The Morgan fingerprint density at radius 1 is 0.810 bits per heavy atom. The van der Waals surface area contributed by atoms with Crippen LogP contribution >= 0.6 is 11.6 Å². The number of aliphatic carboxylic acids is 1. The Bertz CT molecular complexity index is 1020. The number of aromatic hydroxyl groups is 1. The molecule has 0 amide bonds. The molecule has 0 aromatic heterocycles. The maximum Gasteiger partial charge on any atom is 0.303 e. The van der Waals surface area contributed by atoms with Crippen molar-refractivity contribution in [2.75, 3.05) is 0 Å². The average molecular weight is 601 g/mol. The first-order valence-corrected chi connectivity index (χ1v) is 16.5. The molecule has 0 aliphatic rings. The molecular formula is C36H53ClO5. The van der Waals surface area contributed by atoms with Gasteiger partial charge in [0.1, 0.15) is 5.75 Å². The van der Waals surface area contributed by atoms with Gasteiger partial charge in [0.05, 0.1) is 6.10 Å². The fourth-order valence-corrected chi connectivity index (χ4v) is 5.70. The lowest BCUT2D eigenvalue weighted by Crippen LogP contribution is -2.19. The van der Waals surface area contributed by atoms with Crippen LogP contribution in [-0.2, 0) is 9.53 Å². The van der Waals surface area contributed by atoms with Crippen LogP contribution in [0.2, 0.25) is 5.02 Å². The van der Waals surface area contributed by atoms with E-state index in [1.807, 2.05) is 24.3 Å². The molecule has 2 rings (SSSR count). The van der Waals surface area contributed by atoms with E-state index in [9.17, 15) is 15.0 Å². The minimum Gasteiger partial charge on any atom is -0.508 e. The molecule has 0 radical (unpaired) electrons. The summed E-state index contributed by atoms with van der Waals surface area (Å²) in [4.78, 5) is 10.9. The number of allylic oxidation sites excluding steroid dienone is 2. The van der Waals surface area contributed by atoms with Gasteiger partial charge in [-0.05, 0) is 37.3 Å². The molecule has 0 saturated carbocycles. The Hall–Kier alpha value is -2.34. The number of ether oxygens (including phenoxy) is 1. The monoisotopic (exact) mass is 600 g/mol. The van der Waals surface area contributed by atoms with Crippen molar-refractivity contribution in [1.29, 1.82) is 0 Å². The highest BCUT2D eigenvalue weighted by Crippen LogP contribution is 2.40. The Labute approximate surface area is 259 Å². The number of phenols is 1. The van der Waals surface area contributed by atoms with Gasteiger partial charge in [-0.15, -0.1) is 0 Å². The second kappa shape index (κ2) is 22.2. The van der Waals surface area contributed by atoms with Crippen molar-refractivity contribution in [3.05, 3.63) is 76.8 Å². The quantitative estimate of drug-likeness (QED) is 0.0633. The number of benzene rings is 2. The molecule has 6 heteroatoms. The first-order chi connectivity index (χ1) is 20.4. The number of halogens is 1. The van der Waals surface area contributed by atoms with Crippen LogP contribution < -0.4 is 0 Å². The van der Waals surface area contributed by atoms with E-state index in [0.29, 0.717) is 29.0 Å². The minimum absolute atomic E-state index is 0.0239. The summed E-state index contributed by atoms with van der Waals surface area (Å²) >= 11 is 6.35. The van der Waals surface area contributed by atoms with E-state index in [4.69, 9.17) is 21.4 Å². The van der Waals surface area contributed by atoms with Crippen molar-refractivity contribution in [3.8, 4) is 5.75 Å². The molecule has 2 aromatic carbocycles. The van der Waals surface area contributed by atoms with Gasteiger partial charge in [-0.2, -0.15) is 0 Å². The minimum atomic E-state index is -1.26. The van der Waals surface area contributed by atoms with Crippen LogP contribution in [0.3, 0.4) is 0 Å². The largest absolute Gasteiger partial charge is 0.508 e. The van der Waals surface area contributed by atoms with Crippen LogP contribution in [0.5, 0.6) is 5.75 Å². The molecule has 0 aliphatic carbocycles. The lowest BCUT2D eigenvalue weighted by Gasteiger charge is -2.30. The van der Waals surface area contributed by atoms with Crippen LogP contribution in [0, 0.1) is 5.92 Å². The molecule has 0 spiro atoms.